The molecule has 0 amide bonds. The van der Waals surface area contributed by atoms with Crippen LogP contribution in [0.5, 0.6) is 5.75 Å². The van der Waals surface area contributed by atoms with Crippen molar-refractivity contribution in [3.63, 3.8) is 0 Å². The first kappa shape index (κ1) is 10.4. The lowest BCUT2D eigenvalue weighted by atomic mass is 10.2. The Balaban J connectivity index is 2.06. The molecule has 1 aromatic heterocycles. The molecule has 0 saturated heterocycles. The van der Waals surface area contributed by atoms with Crippen molar-refractivity contribution in [1.82, 2.24) is 15.1 Å². The lowest BCUT2D eigenvalue weighted by Gasteiger charge is -2.05. The fourth-order valence-corrected chi connectivity index (χ4v) is 2.51. The molecular formula is C13H15N3O. The van der Waals surface area contributed by atoms with Gasteiger partial charge in [0.1, 0.15) is 5.75 Å². The molecule has 0 bridgehead atoms. The van der Waals surface area contributed by atoms with Gasteiger partial charge in [-0.25, -0.2) is 4.68 Å². The molecule has 88 valence electrons. The van der Waals surface area contributed by atoms with Crippen molar-refractivity contribution in [3.05, 3.63) is 41.7 Å². The zero-order valence-electron chi connectivity index (χ0n) is 9.72. The molecule has 1 unspecified atom stereocenters. The number of rotatable bonds is 2. The van der Waals surface area contributed by atoms with Crippen molar-refractivity contribution < 1.29 is 5.11 Å². The number of benzene rings is 1. The van der Waals surface area contributed by atoms with Crippen LogP contribution in [0, 0.1) is 0 Å². The first-order chi connectivity index (χ1) is 8.29. The van der Waals surface area contributed by atoms with Gasteiger partial charge in [0.25, 0.3) is 0 Å². The molecule has 1 aliphatic rings. The predicted molar refractivity (Wildman–Crippen MR) is 65.4 cm³/mol. The molecule has 1 aromatic carbocycles. The van der Waals surface area contributed by atoms with Crippen LogP contribution in [0.1, 0.15) is 23.7 Å². The Bertz CT molecular complexity index is 547. The minimum Gasteiger partial charge on any atom is -0.508 e. The fourth-order valence-electron chi connectivity index (χ4n) is 2.51. The van der Waals surface area contributed by atoms with Gasteiger partial charge in [0, 0.05) is 23.4 Å². The molecule has 1 aliphatic carbocycles. The normalized spacial score (nSPS) is 18.3. The molecule has 0 aliphatic heterocycles. The number of hydrogen-bond donors (Lipinski definition) is 2. The Kier molecular flexibility index (Phi) is 2.37. The van der Waals surface area contributed by atoms with E-state index in [0.717, 1.165) is 18.5 Å². The summed E-state index contributed by atoms with van der Waals surface area (Å²) in [7, 11) is 1.98. The van der Waals surface area contributed by atoms with Gasteiger partial charge >= 0.3 is 0 Å². The maximum atomic E-state index is 9.51. The van der Waals surface area contributed by atoms with E-state index in [4.69, 9.17) is 0 Å². The van der Waals surface area contributed by atoms with Gasteiger partial charge in [-0.3, -0.25) is 0 Å². The van der Waals surface area contributed by atoms with Gasteiger partial charge in [-0.2, -0.15) is 5.10 Å². The van der Waals surface area contributed by atoms with Crippen molar-refractivity contribution in [2.45, 2.75) is 18.9 Å². The van der Waals surface area contributed by atoms with Gasteiger partial charge in [0.15, 0.2) is 0 Å². The number of hydrogen-bond acceptors (Lipinski definition) is 3. The number of nitrogens with one attached hydrogen (secondary N) is 1. The molecule has 0 fully saturated rings. The number of aromatic hydroxyl groups is 1. The Morgan fingerprint density at radius 2 is 2.35 bits per heavy atom. The lowest BCUT2D eigenvalue weighted by molar-refractivity contribution is 0.474. The van der Waals surface area contributed by atoms with E-state index in [1.807, 2.05) is 30.1 Å². The number of fused-ring (bicyclic) bond motifs is 1. The topological polar surface area (TPSA) is 50.1 Å². The summed E-state index contributed by atoms with van der Waals surface area (Å²) in [5, 5.41) is 17.2. The molecule has 0 radical (unpaired) electrons. The highest BCUT2D eigenvalue weighted by Gasteiger charge is 2.25. The van der Waals surface area contributed by atoms with Crippen LogP contribution in [0.2, 0.25) is 0 Å². The van der Waals surface area contributed by atoms with E-state index in [-0.39, 0.29) is 5.75 Å². The second-order valence-corrected chi connectivity index (χ2v) is 4.36. The Morgan fingerprint density at radius 3 is 3.12 bits per heavy atom. The van der Waals surface area contributed by atoms with Crippen LogP contribution in [-0.2, 0) is 6.42 Å². The minimum atomic E-state index is 0.273. The monoisotopic (exact) mass is 229 g/mol. The van der Waals surface area contributed by atoms with E-state index < -0.39 is 0 Å². The highest BCUT2D eigenvalue weighted by atomic mass is 16.3. The molecule has 2 N–H and O–H groups in total. The predicted octanol–water partition coefficient (Wildman–Crippen LogP) is 1.78. The number of aromatic nitrogens is 2. The molecule has 3 rings (SSSR count). The molecule has 4 heteroatoms. The summed E-state index contributed by atoms with van der Waals surface area (Å²) in [6, 6.07) is 7.61. The summed E-state index contributed by atoms with van der Waals surface area (Å²) in [4.78, 5) is 0. The van der Waals surface area contributed by atoms with Gasteiger partial charge in [-0.05, 0) is 32.0 Å². The summed E-state index contributed by atoms with van der Waals surface area (Å²) >= 11 is 0. The second-order valence-electron chi connectivity index (χ2n) is 4.36. The average Bonchev–Trinajstić information content (AvgIpc) is 2.89. The van der Waals surface area contributed by atoms with E-state index >= 15 is 0 Å². The second kappa shape index (κ2) is 3.89. The molecule has 0 spiro atoms. The first-order valence-corrected chi connectivity index (χ1v) is 5.83. The molecule has 1 atom stereocenters. The van der Waals surface area contributed by atoms with Crippen LogP contribution in [0.15, 0.2) is 30.5 Å². The van der Waals surface area contributed by atoms with Crippen LogP contribution in [0.3, 0.4) is 0 Å². The first-order valence-electron chi connectivity index (χ1n) is 5.83. The Hall–Kier alpha value is -1.81. The van der Waals surface area contributed by atoms with Crippen LogP contribution < -0.4 is 5.32 Å². The maximum absolute atomic E-state index is 9.51. The van der Waals surface area contributed by atoms with Crippen molar-refractivity contribution in [1.29, 1.82) is 0 Å². The van der Waals surface area contributed by atoms with Crippen molar-refractivity contribution in [3.8, 4) is 11.4 Å². The Labute approximate surface area is 99.9 Å². The molecule has 2 aromatic rings. The molecule has 4 nitrogen and oxygen atoms in total. The number of phenols is 1. The maximum Gasteiger partial charge on any atom is 0.117 e. The van der Waals surface area contributed by atoms with Crippen LogP contribution >= 0.6 is 0 Å². The smallest absolute Gasteiger partial charge is 0.117 e. The van der Waals surface area contributed by atoms with Crippen molar-refractivity contribution in [2.75, 3.05) is 7.05 Å². The zero-order chi connectivity index (χ0) is 11.8. The fraction of sp³-hybridized carbons (Fsp3) is 0.308. The number of nitrogens with zero attached hydrogens (tertiary/aromatic N) is 2. The zero-order valence-corrected chi connectivity index (χ0v) is 9.72. The van der Waals surface area contributed by atoms with Crippen LogP contribution in [0.25, 0.3) is 5.69 Å². The largest absolute Gasteiger partial charge is 0.508 e. The average molecular weight is 229 g/mol. The summed E-state index contributed by atoms with van der Waals surface area (Å²) in [6.07, 6.45) is 4.06. The van der Waals surface area contributed by atoms with Crippen molar-refractivity contribution in [2.24, 2.45) is 0 Å². The third-order valence-corrected chi connectivity index (χ3v) is 3.37. The quantitative estimate of drug-likeness (QED) is 0.825. The van der Waals surface area contributed by atoms with Gasteiger partial charge in [0.05, 0.1) is 11.9 Å². The SMILES string of the molecule is CNC1CCc2c1cnn2-c1cccc(O)c1. The molecule has 0 saturated carbocycles. The third-order valence-electron chi connectivity index (χ3n) is 3.37. The summed E-state index contributed by atoms with van der Waals surface area (Å²) in [5.41, 5.74) is 3.44. The van der Waals surface area contributed by atoms with Crippen LogP contribution in [0.4, 0.5) is 0 Å². The summed E-state index contributed by atoms with van der Waals surface area (Å²) < 4.78 is 1.92. The molecular weight excluding hydrogens is 214 g/mol. The van der Waals surface area contributed by atoms with E-state index in [2.05, 4.69) is 10.4 Å². The minimum absolute atomic E-state index is 0.273. The third kappa shape index (κ3) is 1.61. The van der Waals surface area contributed by atoms with E-state index in [1.165, 1.54) is 11.3 Å². The van der Waals surface area contributed by atoms with Gasteiger partial charge in [-0.15, -0.1) is 0 Å². The highest BCUT2D eigenvalue weighted by Crippen LogP contribution is 2.32. The van der Waals surface area contributed by atoms with E-state index in [9.17, 15) is 5.11 Å². The standard InChI is InChI=1S/C13H15N3O/c1-14-12-5-6-13-11(12)8-15-16(13)9-3-2-4-10(17)7-9/h2-4,7-8,12,14,17H,5-6H2,1H3. The van der Waals surface area contributed by atoms with Gasteiger partial charge in [0.2, 0.25) is 0 Å². The molecule has 1 heterocycles. The summed E-state index contributed by atoms with van der Waals surface area (Å²) in [6.45, 7) is 0. The lowest BCUT2D eigenvalue weighted by Crippen LogP contribution is -2.12. The Morgan fingerprint density at radius 1 is 1.47 bits per heavy atom. The summed E-state index contributed by atoms with van der Waals surface area (Å²) in [5.74, 6) is 0.273. The van der Waals surface area contributed by atoms with E-state index in [1.54, 1.807) is 12.1 Å². The number of phenolic OH excluding ortho intramolecular Hbond substituents is 1. The van der Waals surface area contributed by atoms with Crippen molar-refractivity contribution >= 4 is 0 Å². The highest BCUT2D eigenvalue weighted by molar-refractivity contribution is 5.42. The molecule has 17 heavy (non-hydrogen) atoms. The van der Waals surface area contributed by atoms with Gasteiger partial charge < -0.3 is 10.4 Å². The van der Waals surface area contributed by atoms with Gasteiger partial charge in [-0.1, -0.05) is 6.07 Å². The van der Waals surface area contributed by atoms with Crippen LogP contribution in [-0.4, -0.2) is 21.9 Å². The van der Waals surface area contributed by atoms with E-state index in [0.29, 0.717) is 6.04 Å².